The maximum absolute atomic E-state index is 12.7. The lowest BCUT2D eigenvalue weighted by Gasteiger charge is -2.31. The molecule has 2 aromatic rings. The largest absolute Gasteiger partial charge is 0.463 e. The minimum absolute atomic E-state index is 0.105. The molecular weight excluding hydrogens is 294 g/mol. The molecule has 0 radical (unpaired) electrons. The molecule has 0 bridgehead atoms. The van der Waals surface area contributed by atoms with Crippen LogP contribution < -0.4 is 5.73 Å². The summed E-state index contributed by atoms with van der Waals surface area (Å²) in [6.07, 6.45) is 3.12. The van der Waals surface area contributed by atoms with Crippen molar-refractivity contribution in [2.24, 2.45) is 11.7 Å². The Kier molecular flexibility index (Phi) is 4.14. The van der Waals surface area contributed by atoms with E-state index in [0.29, 0.717) is 35.8 Å². The molecule has 120 valence electrons. The molecule has 2 aromatic heterocycles. The summed E-state index contributed by atoms with van der Waals surface area (Å²) in [6.45, 7) is 2.82. The number of furan rings is 1. The van der Waals surface area contributed by atoms with Crippen LogP contribution in [0.4, 0.5) is 0 Å². The Labute approximate surface area is 134 Å². The number of piperidine rings is 1. The topological polar surface area (TPSA) is 89.4 Å². The maximum atomic E-state index is 12.7. The summed E-state index contributed by atoms with van der Waals surface area (Å²) in [7, 11) is 0. The van der Waals surface area contributed by atoms with Crippen LogP contribution in [0, 0.1) is 12.8 Å². The van der Waals surface area contributed by atoms with E-state index < -0.39 is 0 Å². The van der Waals surface area contributed by atoms with E-state index >= 15 is 0 Å². The van der Waals surface area contributed by atoms with Gasteiger partial charge in [0.2, 0.25) is 5.91 Å². The Balaban J connectivity index is 1.81. The van der Waals surface area contributed by atoms with Gasteiger partial charge in [0.1, 0.15) is 5.69 Å². The Hall–Kier alpha value is -2.63. The van der Waals surface area contributed by atoms with Gasteiger partial charge in [-0.2, -0.15) is 0 Å². The van der Waals surface area contributed by atoms with Gasteiger partial charge in [-0.25, -0.2) is 4.98 Å². The number of hydrogen-bond acceptors (Lipinski definition) is 4. The summed E-state index contributed by atoms with van der Waals surface area (Å²) in [4.78, 5) is 30.2. The van der Waals surface area contributed by atoms with Gasteiger partial charge in [-0.05, 0) is 44.0 Å². The third kappa shape index (κ3) is 3.11. The summed E-state index contributed by atoms with van der Waals surface area (Å²) in [5.74, 6) is -0.0420. The average molecular weight is 313 g/mol. The molecule has 2 N–H and O–H groups in total. The van der Waals surface area contributed by atoms with E-state index in [-0.39, 0.29) is 17.7 Å². The predicted octanol–water partition coefficient (Wildman–Crippen LogP) is 1.99. The van der Waals surface area contributed by atoms with Crippen molar-refractivity contribution >= 4 is 11.8 Å². The van der Waals surface area contributed by atoms with E-state index in [1.165, 1.54) is 0 Å². The molecular formula is C17H19N3O3. The lowest BCUT2D eigenvalue weighted by atomic mass is 9.96. The van der Waals surface area contributed by atoms with Gasteiger partial charge < -0.3 is 15.1 Å². The standard InChI is InChI=1S/C17H19N3O3/c1-11-13(6-7-14(19-11)15-5-3-9-23-15)17(22)20-8-2-4-12(10-20)16(18)21/h3,5-7,9,12H,2,4,8,10H2,1H3,(H2,18,21)/t12-/m0/s1. The molecule has 6 nitrogen and oxygen atoms in total. The van der Waals surface area contributed by atoms with E-state index in [2.05, 4.69) is 4.98 Å². The SMILES string of the molecule is Cc1nc(-c2ccco2)ccc1C(=O)N1CCC[C@H](C(N)=O)C1. The summed E-state index contributed by atoms with van der Waals surface area (Å²) in [5, 5.41) is 0. The minimum atomic E-state index is -0.342. The maximum Gasteiger partial charge on any atom is 0.255 e. The van der Waals surface area contributed by atoms with Crippen molar-refractivity contribution in [3.8, 4) is 11.5 Å². The molecule has 1 atom stereocenters. The second kappa shape index (κ2) is 6.24. The minimum Gasteiger partial charge on any atom is -0.463 e. The number of carbonyl (C=O) groups is 2. The van der Waals surface area contributed by atoms with Gasteiger partial charge in [0, 0.05) is 13.1 Å². The molecule has 0 aromatic carbocycles. The number of pyridine rings is 1. The van der Waals surface area contributed by atoms with Crippen molar-refractivity contribution in [3.63, 3.8) is 0 Å². The van der Waals surface area contributed by atoms with Crippen LogP contribution in [-0.2, 0) is 4.79 Å². The molecule has 1 aliphatic rings. The number of hydrogen-bond donors (Lipinski definition) is 1. The number of nitrogens with two attached hydrogens (primary N) is 1. The van der Waals surface area contributed by atoms with Crippen LogP contribution in [-0.4, -0.2) is 34.8 Å². The first-order valence-electron chi connectivity index (χ1n) is 7.66. The number of amides is 2. The highest BCUT2D eigenvalue weighted by Gasteiger charge is 2.28. The van der Waals surface area contributed by atoms with E-state index in [4.69, 9.17) is 10.2 Å². The van der Waals surface area contributed by atoms with Gasteiger partial charge in [-0.15, -0.1) is 0 Å². The van der Waals surface area contributed by atoms with Gasteiger partial charge in [-0.1, -0.05) is 0 Å². The molecule has 1 aliphatic heterocycles. The van der Waals surface area contributed by atoms with Crippen molar-refractivity contribution in [2.75, 3.05) is 13.1 Å². The zero-order chi connectivity index (χ0) is 16.4. The second-order valence-corrected chi connectivity index (χ2v) is 5.80. The fourth-order valence-electron chi connectivity index (χ4n) is 2.91. The van der Waals surface area contributed by atoms with Crippen LogP contribution >= 0.6 is 0 Å². The molecule has 0 aliphatic carbocycles. The van der Waals surface area contributed by atoms with Gasteiger partial charge in [0.15, 0.2) is 5.76 Å². The summed E-state index contributed by atoms with van der Waals surface area (Å²) < 4.78 is 5.32. The fourth-order valence-corrected chi connectivity index (χ4v) is 2.91. The molecule has 0 unspecified atom stereocenters. The summed E-state index contributed by atoms with van der Waals surface area (Å²) in [5.41, 5.74) is 7.26. The highest BCUT2D eigenvalue weighted by molar-refractivity contribution is 5.96. The average Bonchev–Trinajstić information content (AvgIpc) is 3.08. The lowest BCUT2D eigenvalue weighted by molar-refractivity contribution is -0.123. The zero-order valence-corrected chi connectivity index (χ0v) is 13.0. The Bertz CT molecular complexity index is 725. The molecule has 0 saturated carbocycles. The van der Waals surface area contributed by atoms with Crippen LogP contribution in [0.5, 0.6) is 0 Å². The van der Waals surface area contributed by atoms with Crippen molar-refractivity contribution in [1.82, 2.24) is 9.88 Å². The zero-order valence-electron chi connectivity index (χ0n) is 13.0. The molecule has 6 heteroatoms. The number of aromatic nitrogens is 1. The molecule has 0 spiro atoms. The van der Waals surface area contributed by atoms with Crippen molar-refractivity contribution in [3.05, 3.63) is 41.8 Å². The quantitative estimate of drug-likeness (QED) is 0.938. The number of rotatable bonds is 3. The number of primary amides is 1. The van der Waals surface area contributed by atoms with E-state index in [0.717, 1.165) is 12.8 Å². The first kappa shape index (κ1) is 15.3. The second-order valence-electron chi connectivity index (χ2n) is 5.80. The highest BCUT2D eigenvalue weighted by atomic mass is 16.3. The first-order chi connectivity index (χ1) is 11.1. The monoisotopic (exact) mass is 313 g/mol. The van der Waals surface area contributed by atoms with Crippen LogP contribution in [0.2, 0.25) is 0 Å². The fraction of sp³-hybridized carbons (Fsp3) is 0.353. The third-order valence-electron chi connectivity index (χ3n) is 4.20. The van der Waals surface area contributed by atoms with Crippen molar-refractivity contribution < 1.29 is 14.0 Å². The van der Waals surface area contributed by atoms with Crippen LogP contribution in [0.3, 0.4) is 0 Å². The van der Waals surface area contributed by atoms with Crippen molar-refractivity contribution in [2.45, 2.75) is 19.8 Å². The van der Waals surface area contributed by atoms with Gasteiger partial charge in [-0.3, -0.25) is 9.59 Å². The molecule has 3 rings (SSSR count). The van der Waals surface area contributed by atoms with Gasteiger partial charge >= 0.3 is 0 Å². The molecule has 1 fully saturated rings. The predicted molar refractivity (Wildman–Crippen MR) is 84.5 cm³/mol. The van der Waals surface area contributed by atoms with Crippen molar-refractivity contribution in [1.29, 1.82) is 0 Å². The van der Waals surface area contributed by atoms with Gasteiger partial charge in [0.05, 0.1) is 23.4 Å². The molecule has 1 saturated heterocycles. The smallest absolute Gasteiger partial charge is 0.255 e. The molecule has 3 heterocycles. The van der Waals surface area contributed by atoms with Gasteiger partial charge in [0.25, 0.3) is 5.91 Å². The lowest BCUT2D eigenvalue weighted by Crippen LogP contribution is -2.44. The van der Waals surface area contributed by atoms with E-state index in [1.54, 1.807) is 36.3 Å². The number of aryl methyl sites for hydroxylation is 1. The summed E-state index contributed by atoms with van der Waals surface area (Å²) >= 11 is 0. The Morgan fingerprint density at radius 1 is 1.35 bits per heavy atom. The molecule has 23 heavy (non-hydrogen) atoms. The first-order valence-corrected chi connectivity index (χ1v) is 7.66. The highest BCUT2D eigenvalue weighted by Crippen LogP contribution is 2.22. The summed E-state index contributed by atoms with van der Waals surface area (Å²) in [6, 6.07) is 7.15. The number of likely N-dealkylation sites (tertiary alicyclic amines) is 1. The normalized spacial score (nSPS) is 18.0. The van der Waals surface area contributed by atoms with E-state index in [9.17, 15) is 9.59 Å². The number of carbonyl (C=O) groups excluding carboxylic acids is 2. The molecule has 2 amide bonds. The Morgan fingerprint density at radius 2 is 2.17 bits per heavy atom. The van der Waals surface area contributed by atoms with Crippen LogP contribution in [0.1, 0.15) is 28.9 Å². The van der Waals surface area contributed by atoms with Crippen LogP contribution in [0.25, 0.3) is 11.5 Å². The van der Waals surface area contributed by atoms with E-state index in [1.807, 2.05) is 6.07 Å². The van der Waals surface area contributed by atoms with Crippen LogP contribution in [0.15, 0.2) is 34.9 Å². The third-order valence-corrected chi connectivity index (χ3v) is 4.20. The number of nitrogens with zero attached hydrogens (tertiary/aromatic N) is 2. The Morgan fingerprint density at radius 3 is 2.83 bits per heavy atom.